The van der Waals surface area contributed by atoms with Crippen molar-refractivity contribution in [2.45, 2.75) is 13.3 Å². The minimum absolute atomic E-state index is 0.470. The SMILES string of the molecule is Cc1c(Cl)ncnc1NCCc1ncn[nH]1. The Morgan fingerprint density at radius 1 is 1.31 bits per heavy atom. The quantitative estimate of drug-likeness (QED) is 0.783. The Kier molecular flexibility index (Phi) is 3.31. The Morgan fingerprint density at radius 2 is 2.19 bits per heavy atom. The zero-order valence-corrected chi connectivity index (χ0v) is 9.49. The second-order valence-corrected chi connectivity index (χ2v) is 3.61. The van der Waals surface area contributed by atoms with Gasteiger partial charge >= 0.3 is 0 Å². The van der Waals surface area contributed by atoms with Crippen molar-refractivity contribution in [2.24, 2.45) is 0 Å². The third-order valence-electron chi connectivity index (χ3n) is 2.14. The van der Waals surface area contributed by atoms with Crippen LogP contribution < -0.4 is 5.32 Å². The first-order chi connectivity index (χ1) is 7.77. The average molecular weight is 239 g/mol. The van der Waals surface area contributed by atoms with Gasteiger partial charge in [0.2, 0.25) is 0 Å². The average Bonchev–Trinajstić information content (AvgIpc) is 2.77. The Bertz CT molecular complexity index is 455. The monoisotopic (exact) mass is 238 g/mol. The molecule has 2 heterocycles. The standard InChI is InChI=1S/C9H11ClN6/c1-6-8(10)13-4-14-9(6)11-3-2-7-12-5-15-16-7/h4-5H,2-3H2,1H3,(H,11,13,14)(H,12,15,16). The van der Waals surface area contributed by atoms with Gasteiger partial charge in [0.15, 0.2) is 0 Å². The number of hydrogen-bond acceptors (Lipinski definition) is 5. The van der Waals surface area contributed by atoms with E-state index < -0.39 is 0 Å². The van der Waals surface area contributed by atoms with Crippen LogP contribution >= 0.6 is 11.6 Å². The number of nitrogens with zero attached hydrogens (tertiary/aromatic N) is 4. The third-order valence-corrected chi connectivity index (χ3v) is 2.52. The largest absolute Gasteiger partial charge is 0.369 e. The zero-order valence-electron chi connectivity index (χ0n) is 8.74. The fraction of sp³-hybridized carbons (Fsp3) is 0.333. The molecule has 0 unspecified atom stereocenters. The summed E-state index contributed by atoms with van der Waals surface area (Å²) in [5, 5.41) is 10.2. The second kappa shape index (κ2) is 4.89. The summed E-state index contributed by atoms with van der Waals surface area (Å²) in [7, 11) is 0. The highest BCUT2D eigenvalue weighted by Crippen LogP contribution is 2.17. The van der Waals surface area contributed by atoms with E-state index in [2.05, 4.69) is 30.5 Å². The van der Waals surface area contributed by atoms with Crippen LogP contribution in [0.2, 0.25) is 5.15 Å². The molecule has 2 N–H and O–H groups in total. The number of hydrogen-bond donors (Lipinski definition) is 2. The summed E-state index contributed by atoms with van der Waals surface area (Å²) in [5.41, 5.74) is 0.849. The van der Waals surface area contributed by atoms with Crippen LogP contribution in [0.5, 0.6) is 0 Å². The van der Waals surface area contributed by atoms with E-state index in [0.29, 0.717) is 11.7 Å². The van der Waals surface area contributed by atoms with Crippen molar-refractivity contribution in [2.75, 3.05) is 11.9 Å². The fourth-order valence-electron chi connectivity index (χ4n) is 1.26. The normalized spacial score (nSPS) is 10.4. The molecule has 2 aromatic rings. The van der Waals surface area contributed by atoms with Crippen molar-refractivity contribution in [1.82, 2.24) is 25.1 Å². The van der Waals surface area contributed by atoms with Crippen LogP contribution in [-0.4, -0.2) is 31.7 Å². The molecule has 84 valence electrons. The number of anilines is 1. The molecule has 0 amide bonds. The molecule has 0 aliphatic rings. The van der Waals surface area contributed by atoms with Crippen LogP contribution in [-0.2, 0) is 6.42 Å². The molecule has 7 heteroatoms. The van der Waals surface area contributed by atoms with Gasteiger partial charge in [-0.15, -0.1) is 0 Å². The second-order valence-electron chi connectivity index (χ2n) is 3.25. The highest BCUT2D eigenvalue weighted by atomic mass is 35.5. The number of aromatic amines is 1. The van der Waals surface area contributed by atoms with Gasteiger partial charge in [-0.1, -0.05) is 11.6 Å². The lowest BCUT2D eigenvalue weighted by Crippen LogP contribution is -2.09. The molecule has 2 aromatic heterocycles. The van der Waals surface area contributed by atoms with Crippen molar-refractivity contribution >= 4 is 17.4 Å². The Labute approximate surface area is 97.5 Å². The van der Waals surface area contributed by atoms with E-state index in [1.807, 2.05) is 6.92 Å². The summed E-state index contributed by atoms with van der Waals surface area (Å²) in [6, 6.07) is 0. The van der Waals surface area contributed by atoms with E-state index in [9.17, 15) is 0 Å². The first-order valence-corrected chi connectivity index (χ1v) is 5.20. The molecule has 0 saturated heterocycles. The van der Waals surface area contributed by atoms with Gasteiger partial charge in [-0.3, -0.25) is 5.10 Å². The molecular formula is C9H11ClN6. The highest BCUT2D eigenvalue weighted by molar-refractivity contribution is 6.30. The van der Waals surface area contributed by atoms with E-state index in [1.54, 1.807) is 0 Å². The molecule has 0 aliphatic heterocycles. The summed E-state index contributed by atoms with van der Waals surface area (Å²) in [6.45, 7) is 2.59. The number of rotatable bonds is 4. The van der Waals surface area contributed by atoms with Crippen LogP contribution in [0.4, 0.5) is 5.82 Å². The molecule has 6 nitrogen and oxygen atoms in total. The molecule has 0 aromatic carbocycles. The van der Waals surface area contributed by atoms with Crippen LogP contribution in [0, 0.1) is 6.92 Å². The lowest BCUT2D eigenvalue weighted by molar-refractivity contribution is 0.894. The smallest absolute Gasteiger partial charge is 0.137 e. The van der Waals surface area contributed by atoms with E-state index in [4.69, 9.17) is 11.6 Å². The van der Waals surface area contributed by atoms with Crippen LogP contribution in [0.3, 0.4) is 0 Å². The van der Waals surface area contributed by atoms with Crippen molar-refractivity contribution in [1.29, 1.82) is 0 Å². The summed E-state index contributed by atoms with van der Waals surface area (Å²) < 4.78 is 0. The van der Waals surface area contributed by atoms with Gasteiger partial charge < -0.3 is 5.32 Å². The predicted octanol–water partition coefficient (Wildman–Crippen LogP) is 1.21. The van der Waals surface area contributed by atoms with Crippen LogP contribution in [0.1, 0.15) is 11.4 Å². The first-order valence-electron chi connectivity index (χ1n) is 4.82. The Morgan fingerprint density at radius 3 is 2.94 bits per heavy atom. The van der Waals surface area contributed by atoms with Gasteiger partial charge in [0.1, 0.15) is 29.5 Å². The summed E-state index contributed by atoms with van der Waals surface area (Å²) in [4.78, 5) is 12.0. The molecule has 0 bridgehead atoms. The maximum atomic E-state index is 5.87. The van der Waals surface area contributed by atoms with Crippen molar-refractivity contribution < 1.29 is 0 Å². The minimum atomic E-state index is 0.470. The van der Waals surface area contributed by atoms with E-state index in [0.717, 1.165) is 23.6 Å². The highest BCUT2D eigenvalue weighted by Gasteiger charge is 2.04. The van der Waals surface area contributed by atoms with Gasteiger partial charge in [-0.2, -0.15) is 5.10 Å². The van der Waals surface area contributed by atoms with E-state index >= 15 is 0 Å². The minimum Gasteiger partial charge on any atom is -0.369 e. The van der Waals surface area contributed by atoms with Crippen molar-refractivity contribution in [3.8, 4) is 0 Å². The van der Waals surface area contributed by atoms with Gasteiger partial charge in [-0.25, -0.2) is 15.0 Å². The van der Waals surface area contributed by atoms with Gasteiger partial charge in [0, 0.05) is 18.5 Å². The molecule has 0 radical (unpaired) electrons. The number of H-pyrrole nitrogens is 1. The Hall–Kier alpha value is -1.69. The third kappa shape index (κ3) is 2.46. The summed E-state index contributed by atoms with van der Waals surface area (Å²) >= 11 is 5.87. The molecule has 0 fully saturated rings. The number of halogens is 1. The molecule has 16 heavy (non-hydrogen) atoms. The number of nitrogens with one attached hydrogen (secondary N) is 2. The van der Waals surface area contributed by atoms with Crippen molar-refractivity contribution in [3.05, 3.63) is 29.2 Å². The van der Waals surface area contributed by atoms with Gasteiger partial charge in [0.05, 0.1) is 0 Å². The lowest BCUT2D eigenvalue weighted by Gasteiger charge is -2.07. The topological polar surface area (TPSA) is 79.4 Å². The van der Waals surface area contributed by atoms with Crippen LogP contribution in [0.15, 0.2) is 12.7 Å². The number of aromatic nitrogens is 5. The molecule has 0 aliphatic carbocycles. The first kappa shape index (κ1) is 10.8. The molecule has 0 atom stereocenters. The van der Waals surface area contributed by atoms with Crippen molar-refractivity contribution in [3.63, 3.8) is 0 Å². The van der Waals surface area contributed by atoms with Gasteiger partial charge in [-0.05, 0) is 6.92 Å². The molecular weight excluding hydrogens is 228 g/mol. The summed E-state index contributed by atoms with van der Waals surface area (Å²) in [5.74, 6) is 1.59. The molecule has 0 spiro atoms. The zero-order chi connectivity index (χ0) is 11.4. The lowest BCUT2D eigenvalue weighted by atomic mass is 10.3. The Balaban J connectivity index is 1.92. The fourth-order valence-corrected chi connectivity index (χ4v) is 1.39. The maximum Gasteiger partial charge on any atom is 0.137 e. The van der Waals surface area contributed by atoms with E-state index in [-0.39, 0.29) is 0 Å². The van der Waals surface area contributed by atoms with Gasteiger partial charge in [0.25, 0.3) is 0 Å². The predicted molar refractivity (Wildman–Crippen MR) is 60.4 cm³/mol. The molecule has 2 rings (SSSR count). The van der Waals surface area contributed by atoms with E-state index in [1.165, 1.54) is 12.7 Å². The van der Waals surface area contributed by atoms with Crippen LogP contribution in [0.25, 0.3) is 0 Å². The molecule has 0 saturated carbocycles. The summed E-state index contributed by atoms with van der Waals surface area (Å²) in [6.07, 6.45) is 3.68. The maximum absolute atomic E-state index is 5.87.